The van der Waals surface area contributed by atoms with Gasteiger partial charge in [-0.3, -0.25) is 0 Å². The molecule has 0 saturated heterocycles. The number of hydrogen-bond acceptors (Lipinski definition) is 2. The standard InChI is InChI=1S/C17H13IN2O2.ClH/c18-15-6-4-13(5-7-15)16-9-19-11-20(16)10-12-2-1-3-14(8-12)17(21)22;/h1-9,11H,10H2,(H,21,22);1H. The number of carboxylic acids is 1. The number of carbonyl (C=O) groups is 1. The number of nitrogens with zero attached hydrogens (tertiary/aromatic N) is 2. The lowest BCUT2D eigenvalue weighted by Gasteiger charge is -2.09. The monoisotopic (exact) mass is 440 g/mol. The molecular formula is C17H14ClIN2O2. The molecule has 0 saturated carbocycles. The molecule has 0 spiro atoms. The van der Waals surface area contributed by atoms with Crippen LogP contribution in [0.25, 0.3) is 11.3 Å². The molecule has 0 unspecified atom stereocenters. The number of imidazole rings is 1. The average Bonchev–Trinajstić information content (AvgIpc) is 2.96. The highest BCUT2D eigenvalue weighted by Crippen LogP contribution is 2.21. The first-order valence-corrected chi connectivity index (χ1v) is 7.79. The lowest BCUT2D eigenvalue weighted by Crippen LogP contribution is -2.03. The van der Waals surface area contributed by atoms with E-state index in [2.05, 4.69) is 51.8 Å². The fraction of sp³-hybridized carbons (Fsp3) is 0.0588. The van der Waals surface area contributed by atoms with E-state index in [0.717, 1.165) is 16.8 Å². The average molecular weight is 441 g/mol. The molecular weight excluding hydrogens is 427 g/mol. The van der Waals surface area contributed by atoms with Crippen LogP contribution in [0.5, 0.6) is 0 Å². The van der Waals surface area contributed by atoms with Crippen molar-refractivity contribution in [2.75, 3.05) is 0 Å². The Morgan fingerprint density at radius 2 is 1.91 bits per heavy atom. The summed E-state index contributed by atoms with van der Waals surface area (Å²) < 4.78 is 3.20. The van der Waals surface area contributed by atoms with Crippen LogP contribution in [0.4, 0.5) is 0 Å². The number of hydrogen-bond donors (Lipinski definition) is 1. The highest BCUT2D eigenvalue weighted by atomic mass is 127. The first-order chi connectivity index (χ1) is 10.6. The van der Waals surface area contributed by atoms with Gasteiger partial charge in [0.05, 0.1) is 23.8 Å². The molecule has 6 heteroatoms. The molecule has 4 nitrogen and oxygen atoms in total. The molecule has 0 aliphatic heterocycles. The summed E-state index contributed by atoms with van der Waals surface area (Å²) in [5.74, 6) is -0.912. The van der Waals surface area contributed by atoms with E-state index in [1.165, 1.54) is 3.57 Å². The van der Waals surface area contributed by atoms with Crippen molar-refractivity contribution >= 4 is 41.0 Å². The van der Waals surface area contributed by atoms with Crippen LogP contribution in [0, 0.1) is 3.57 Å². The quantitative estimate of drug-likeness (QED) is 0.615. The Bertz CT molecular complexity index is 815. The maximum Gasteiger partial charge on any atom is 0.335 e. The number of halogens is 2. The smallest absolute Gasteiger partial charge is 0.335 e. The van der Waals surface area contributed by atoms with Gasteiger partial charge in [0.15, 0.2) is 0 Å². The number of aromatic carboxylic acids is 1. The molecule has 23 heavy (non-hydrogen) atoms. The largest absolute Gasteiger partial charge is 0.478 e. The summed E-state index contributed by atoms with van der Waals surface area (Å²) in [6, 6.07) is 15.2. The summed E-state index contributed by atoms with van der Waals surface area (Å²) in [6.45, 7) is 0.586. The normalized spacial score (nSPS) is 10.1. The predicted molar refractivity (Wildman–Crippen MR) is 100 cm³/mol. The van der Waals surface area contributed by atoms with E-state index in [1.807, 2.05) is 16.8 Å². The van der Waals surface area contributed by atoms with Crippen molar-refractivity contribution in [2.45, 2.75) is 6.54 Å². The zero-order chi connectivity index (χ0) is 15.5. The van der Waals surface area contributed by atoms with Crippen molar-refractivity contribution in [1.82, 2.24) is 9.55 Å². The first kappa shape index (κ1) is 17.5. The van der Waals surface area contributed by atoms with Crippen LogP contribution in [0.1, 0.15) is 15.9 Å². The number of carboxylic acid groups (broad SMARTS) is 1. The highest BCUT2D eigenvalue weighted by molar-refractivity contribution is 14.1. The van der Waals surface area contributed by atoms with Crippen molar-refractivity contribution in [3.63, 3.8) is 0 Å². The maximum absolute atomic E-state index is 11.1. The van der Waals surface area contributed by atoms with Gasteiger partial charge in [-0.05, 0) is 58.0 Å². The molecule has 0 amide bonds. The molecule has 2 aromatic carbocycles. The molecule has 0 radical (unpaired) electrons. The molecule has 0 atom stereocenters. The minimum Gasteiger partial charge on any atom is -0.478 e. The summed E-state index contributed by atoms with van der Waals surface area (Å²) in [4.78, 5) is 15.3. The van der Waals surface area contributed by atoms with E-state index in [0.29, 0.717) is 12.1 Å². The van der Waals surface area contributed by atoms with Crippen LogP contribution < -0.4 is 0 Å². The molecule has 3 aromatic rings. The molecule has 0 aliphatic rings. The van der Waals surface area contributed by atoms with Gasteiger partial charge < -0.3 is 9.67 Å². The molecule has 1 N–H and O–H groups in total. The second-order valence-corrected chi connectivity index (χ2v) is 6.16. The SMILES string of the molecule is Cl.O=C(O)c1cccc(Cn2cncc2-c2ccc(I)cc2)c1. The summed E-state index contributed by atoms with van der Waals surface area (Å²) in [6.07, 6.45) is 3.59. The van der Waals surface area contributed by atoms with Crippen molar-refractivity contribution in [3.05, 3.63) is 75.8 Å². The Hall–Kier alpha value is -1.86. The van der Waals surface area contributed by atoms with Gasteiger partial charge in [0.2, 0.25) is 0 Å². The lowest BCUT2D eigenvalue weighted by molar-refractivity contribution is 0.0696. The second kappa shape index (κ2) is 7.61. The summed E-state index contributed by atoms with van der Waals surface area (Å²) in [7, 11) is 0. The third-order valence-electron chi connectivity index (χ3n) is 3.38. The van der Waals surface area contributed by atoms with Crippen molar-refractivity contribution in [2.24, 2.45) is 0 Å². The Labute approximate surface area is 153 Å². The van der Waals surface area contributed by atoms with Gasteiger partial charge in [-0.15, -0.1) is 12.4 Å². The van der Waals surface area contributed by atoms with Crippen LogP contribution in [0.15, 0.2) is 61.1 Å². The number of benzene rings is 2. The van der Waals surface area contributed by atoms with Crippen molar-refractivity contribution < 1.29 is 9.90 Å². The summed E-state index contributed by atoms with van der Waals surface area (Å²) >= 11 is 2.27. The van der Waals surface area contributed by atoms with E-state index in [-0.39, 0.29) is 12.4 Å². The van der Waals surface area contributed by atoms with Gasteiger partial charge in [0.1, 0.15) is 0 Å². The van der Waals surface area contributed by atoms with E-state index >= 15 is 0 Å². The Morgan fingerprint density at radius 3 is 2.61 bits per heavy atom. The van der Waals surface area contributed by atoms with Crippen LogP contribution in [0.2, 0.25) is 0 Å². The molecule has 1 heterocycles. The zero-order valence-electron chi connectivity index (χ0n) is 12.0. The molecule has 118 valence electrons. The topological polar surface area (TPSA) is 55.1 Å². The molecule has 0 bridgehead atoms. The minimum atomic E-state index is -0.912. The summed E-state index contributed by atoms with van der Waals surface area (Å²) in [5.41, 5.74) is 3.34. The second-order valence-electron chi connectivity index (χ2n) is 4.92. The minimum absolute atomic E-state index is 0. The Kier molecular flexibility index (Phi) is 5.79. The number of rotatable bonds is 4. The van der Waals surface area contributed by atoms with E-state index in [4.69, 9.17) is 5.11 Å². The highest BCUT2D eigenvalue weighted by Gasteiger charge is 2.08. The van der Waals surface area contributed by atoms with Crippen molar-refractivity contribution in [3.8, 4) is 11.3 Å². The van der Waals surface area contributed by atoms with E-state index in [1.54, 1.807) is 24.5 Å². The van der Waals surface area contributed by atoms with Gasteiger partial charge in [-0.2, -0.15) is 0 Å². The molecule has 0 fully saturated rings. The van der Waals surface area contributed by atoms with Crippen LogP contribution in [-0.2, 0) is 6.54 Å². The first-order valence-electron chi connectivity index (χ1n) is 6.72. The van der Waals surface area contributed by atoms with Gasteiger partial charge in [-0.1, -0.05) is 24.3 Å². The van der Waals surface area contributed by atoms with E-state index < -0.39 is 5.97 Å². The van der Waals surface area contributed by atoms with Gasteiger partial charge in [0, 0.05) is 10.1 Å². The third kappa shape index (κ3) is 4.11. The predicted octanol–water partition coefficient (Wildman–Crippen LogP) is 4.32. The van der Waals surface area contributed by atoms with Crippen LogP contribution in [-0.4, -0.2) is 20.6 Å². The van der Waals surface area contributed by atoms with E-state index in [9.17, 15) is 4.79 Å². The van der Waals surface area contributed by atoms with Gasteiger partial charge >= 0.3 is 5.97 Å². The fourth-order valence-electron chi connectivity index (χ4n) is 2.31. The third-order valence-corrected chi connectivity index (χ3v) is 4.10. The molecule has 0 aliphatic carbocycles. The van der Waals surface area contributed by atoms with Crippen molar-refractivity contribution in [1.29, 1.82) is 0 Å². The Balaban J connectivity index is 0.00000192. The van der Waals surface area contributed by atoms with Crippen LogP contribution >= 0.6 is 35.0 Å². The Morgan fingerprint density at radius 1 is 1.17 bits per heavy atom. The zero-order valence-corrected chi connectivity index (χ0v) is 15.0. The van der Waals surface area contributed by atoms with Gasteiger partial charge in [-0.25, -0.2) is 9.78 Å². The van der Waals surface area contributed by atoms with Gasteiger partial charge in [0.25, 0.3) is 0 Å². The number of aromatic nitrogens is 2. The summed E-state index contributed by atoms with van der Waals surface area (Å²) in [5, 5.41) is 9.07. The maximum atomic E-state index is 11.1. The molecule has 1 aromatic heterocycles. The molecule has 3 rings (SSSR count). The fourth-order valence-corrected chi connectivity index (χ4v) is 2.67. The lowest BCUT2D eigenvalue weighted by atomic mass is 10.1. The van der Waals surface area contributed by atoms with Crippen LogP contribution in [0.3, 0.4) is 0 Å².